The molecule has 0 bridgehead atoms. The Labute approximate surface area is 141 Å². The SMILES string of the molecule is CC(NC/C=C/CNC(=O)OC(C)(C)C)c1ccc(Br)cc1. The first kappa shape index (κ1) is 18.7. The minimum Gasteiger partial charge on any atom is -0.444 e. The van der Waals surface area contributed by atoms with Gasteiger partial charge in [-0.05, 0) is 45.4 Å². The Bertz CT molecular complexity index is 492. The second kappa shape index (κ2) is 8.96. The van der Waals surface area contributed by atoms with Gasteiger partial charge in [-0.25, -0.2) is 4.79 Å². The lowest BCUT2D eigenvalue weighted by molar-refractivity contribution is 0.0534. The van der Waals surface area contributed by atoms with Crippen LogP contribution < -0.4 is 10.6 Å². The van der Waals surface area contributed by atoms with Crippen LogP contribution >= 0.6 is 15.9 Å². The molecule has 1 rings (SSSR count). The molecule has 2 N–H and O–H groups in total. The molecule has 0 aliphatic heterocycles. The molecule has 0 heterocycles. The molecule has 0 radical (unpaired) electrons. The van der Waals surface area contributed by atoms with Crippen molar-refractivity contribution >= 4 is 22.0 Å². The lowest BCUT2D eigenvalue weighted by atomic mass is 10.1. The van der Waals surface area contributed by atoms with Crippen molar-refractivity contribution in [1.29, 1.82) is 0 Å². The van der Waals surface area contributed by atoms with Crippen LogP contribution in [0.4, 0.5) is 4.79 Å². The summed E-state index contributed by atoms with van der Waals surface area (Å²) in [4.78, 5) is 11.4. The quantitative estimate of drug-likeness (QED) is 0.740. The molecule has 122 valence electrons. The lowest BCUT2D eigenvalue weighted by Crippen LogP contribution is -2.32. The first-order chi connectivity index (χ1) is 10.3. The van der Waals surface area contributed by atoms with Crippen molar-refractivity contribution in [2.24, 2.45) is 0 Å². The number of amides is 1. The first-order valence-electron chi connectivity index (χ1n) is 7.38. The van der Waals surface area contributed by atoms with Crippen molar-refractivity contribution in [2.45, 2.75) is 39.3 Å². The molecule has 0 spiro atoms. The highest BCUT2D eigenvalue weighted by molar-refractivity contribution is 9.10. The Morgan fingerprint density at radius 2 is 1.82 bits per heavy atom. The molecular weight excluding hydrogens is 344 g/mol. The van der Waals surface area contributed by atoms with Gasteiger partial charge in [-0.2, -0.15) is 0 Å². The summed E-state index contributed by atoms with van der Waals surface area (Å²) in [6.07, 6.45) is 3.51. The van der Waals surface area contributed by atoms with E-state index in [2.05, 4.69) is 45.6 Å². The van der Waals surface area contributed by atoms with E-state index in [1.165, 1.54) is 5.56 Å². The van der Waals surface area contributed by atoms with Crippen molar-refractivity contribution in [3.8, 4) is 0 Å². The van der Waals surface area contributed by atoms with Gasteiger partial charge in [0.15, 0.2) is 0 Å². The fraction of sp³-hybridized carbons (Fsp3) is 0.471. The van der Waals surface area contributed by atoms with Gasteiger partial charge < -0.3 is 15.4 Å². The maximum absolute atomic E-state index is 11.4. The molecule has 0 fully saturated rings. The number of rotatable bonds is 6. The van der Waals surface area contributed by atoms with Crippen molar-refractivity contribution in [3.63, 3.8) is 0 Å². The highest BCUT2D eigenvalue weighted by atomic mass is 79.9. The second-order valence-corrected chi connectivity index (χ2v) is 6.95. The predicted molar refractivity (Wildman–Crippen MR) is 93.9 cm³/mol. The number of hydrogen-bond donors (Lipinski definition) is 2. The standard InChI is InChI=1S/C17H25BrN2O2/c1-13(14-7-9-15(18)10-8-14)19-11-5-6-12-20-16(21)22-17(2,3)4/h5-10,13,19H,11-12H2,1-4H3,(H,20,21)/b6-5+. The van der Waals surface area contributed by atoms with Crippen molar-refractivity contribution in [3.05, 3.63) is 46.5 Å². The molecule has 0 aliphatic carbocycles. The number of ether oxygens (including phenoxy) is 1. The minimum atomic E-state index is -0.463. The summed E-state index contributed by atoms with van der Waals surface area (Å²) in [7, 11) is 0. The second-order valence-electron chi connectivity index (χ2n) is 6.04. The van der Waals surface area contributed by atoms with Crippen LogP contribution in [0.25, 0.3) is 0 Å². The van der Waals surface area contributed by atoms with Crippen LogP contribution in [0.2, 0.25) is 0 Å². The number of carbonyl (C=O) groups excluding carboxylic acids is 1. The average molecular weight is 369 g/mol. The summed E-state index contributed by atoms with van der Waals surface area (Å²) in [5, 5.41) is 6.08. The number of hydrogen-bond acceptors (Lipinski definition) is 3. The zero-order chi connectivity index (χ0) is 16.6. The maximum Gasteiger partial charge on any atom is 0.407 e. The minimum absolute atomic E-state index is 0.275. The smallest absolute Gasteiger partial charge is 0.407 e. The van der Waals surface area contributed by atoms with Gasteiger partial charge >= 0.3 is 6.09 Å². The molecule has 0 aromatic heterocycles. The van der Waals surface area contributed by atoms with Crippen LogP contribution in [0, 0.1) is 0 Å². The van der Waals surface area contributed by atoms with E-state index in [0.29, 0.717) is 6.54 Å². The van der Waals surface area contributed by atoms with Crippen LogP contribution in [-0.2, 0) is 4.74 Å². The fourth-order valence-electron chi connectivity index (χ4n) is 1.74. The van der Waals surface area contributed by atoms with Gasteiger partial charge in [0.2, 0.25) is 0 Å². The highest BCUT2D eigenvalue weighted by Gasteiger charge is 2.14. The third kappa shape index (κ3) is 8.20. The maximum atomic E-state index is 11.4. The predicted octanol–water partition coefficient (Wildman–Crippen LogP) is 4.18. The molecule has 0 saturated carbocycles. The number of nitrogens with one attached hydrogen (secondary N) is 2. The Balaban J connectivity index is 2.21. The Kier molecular flexibility index (Phi) is 7.62. The van der Waals surface area contributed by atoms with E-state index in [4.69, 9.17) is 4.74 Å². The normalized spacial score (nSPS) is 13.1. The third-order valence-electron chi connectivity index (χ3n) is 2.84. The van der Waals surface area contributed by atoms with Crippen LogP contribution in [0.15, 0.2) is 40.9 Å². The largest absolute Gasteiger partial charge is 0.444 e. The molecular formula is C17H25BrN2O2. The van der Waals surface area contributed by atoms with E-state index in [9.17, 15) is 4.79 Å². The van der Waals surface area contributed by atoms with Crippen molar-refractivity contribution in [1.82, 2.24) is 10.6 Å². The summed E-state index contributed by atoms with van der Waals surface area (Å²) >= 11 is 3.43. The van der Waals surface area contributed by atoms with Gasteiger partial charge in [-0.3, -0.25) is 0 Å². The zero-order valence-corrected chi connectivity index (χ0v) is 15.2. The van der Waals surface area contributed by atoms with E-state index in [-0.39, 0.29) is 6.04 Å². The van der Waals surface area contributed by atoms with E-state index in [1.807, 2.05) is 45.1 Å². The molecule has 0 aliphatic rings. The molecule has 1 atom stereocenters. The van der Waals surface area contributed by atoms with E-state index in [1.54, 1.807) is 0 Å². The Hall–Kier alpha value is -1.33. The topological polar surface area (TPSA) is 50.4 Å². The van der Waals surface area contributed by atoms with Crippen LogP contribution in [-0.4, -0.2) is 24.8 Å². The number of benzene rings is 1. The Morgan fingerprint density at radius 1 is 1.23 bits per heavy atom. The zero-order valence-electron chi connectivity index (χ0n) is 13.7. The Morgan fingerprint density at radius 3 is 2.41 bits per heavy atom. The lowest BCUT2D eigenvalue weighted by Gasteiger charge is -2.19. The monoisotopic (exact) mass is 368 g/mol. The van der Waals surface area contributed by atoms with Crippen LogP contribution in [0.5, 0.6) is 0 Å². The highest BCUT2D eigenvalue weighted by Crippen LogP contribution is 2.16. The van der Waals surface area contributed by atoms with Crippen LogP contribution in [0.1, 0.15) is 39.3 Å². The first-order valence-corrected chi connectivity index (χ1v) is 8.18. The van der Waals surface area contributed by atoms with E-state index < -0.39 is 11.7 Å². The molecule has 22 heavy (non-hydrogen) atoms. The number of alkyl carbamates (subject to hydrolysis) is 1. The number of carbonyl (C=O) groups is 1. The summed E-state index contributed by atoms with van der Waals surface area (Å²) < 4.78 is 6.23. The van der Waals surface area contributed by atoms with Gasteiger partial charge in [0.25, 0.3) is 0 Å². The fourth-order valence-corrected chi connectivity index (χ4v) is 2.00. The average Bonchev–Trinajstić information content (AvgIpc) is 2.41. The third-order valence-corrected chi connectivity index (χ3v) is 3.37. The molecule has 5 heteroatoms. The van der Waals surface area contributed by atoms with Crippen molar-refractivity contribution < 1.29 is 9.53 Å². The molecule has 4 nitrogen and oxygen atoms in total. The summed E-state index contributed by atoms with van der Waals surface area (Å²) in [6.45, 7) is 8.86. The van der Waals surface area contributed by atoms with Crippen LogP contribution in [0.3, 0.4) is 0 Å². The van der Waals surface area contributed by atoms with Gasteiger partial charge in [-0.15, -0.1) is 0 Å². The molecule has 1 aromatic carbocycles. The molecule has 1 amide bonds. The summed E-state index contributed by atoms with van der Waals surface area (Å²) in [5.74, 6) is 0. The molecule has 1 unspecified atom stereocenters. The van der Waals surface area contributed by atoms with Crippen molar-refractivity contribution in [2.75, 3.05) is 13.1 Å². The molecule has 0 saturated heterocycles. The van der Waals surface area contributed by atoms with E-state index in [0.717, 1.165) is 11.0 Å². The summed E-state index contributed by atoms with van der Waals surface area (Å²) in [5.41, 5.74) is 0.776. The van der Waals surface area contributed by atoms with Gasteiger partial charge in [0, 0.05) is 23.6 Å². The van der Waals surface area contributed by atoms with Gasteiger partial charge in [-0.1, -0.05) is 40.2 Å². The van der Waals surface area contributed by atoms with Gasteiger partial charge in [0.05, 0.1) is 0 Å². The van der Waals surface area contributed by atoms with Gasteiger partial charge in [0.1, 0.15) is 5.60 Å². The number of halogens is 1. The van der Waals surface area contributed by atoms with E-state index >= 15 is 0 Å². The molecule has 1 aromatic rings. The summed E-state index contributed by atoms with van der Waals surface area (Å²) in [6, 6.07) is 8.53.